The van der Waals surface area contributed by atoms with E-state index < -0.39 is 0 Å². The summed E-state index contributed by atoms with van der Waals surface area (Å²) in [4.78, 5) is 27.2. The van der Waals surface area contributed by atoms with E-state index in [1.807, 2.05) is 37.4 Å². The third-order valence-corrected chi connectivity index (χ3v) is 7.70. The fourth-order valence-corrected chi connectivity index (χ4v) is 6.13. The molecule has 2 aromatic heterocycles. The summed E-state index contributed by atoms with van der Waals surface area (Å²) in [6.07, 6.45) is 5.11. The number of carbonyl (C=O) groups excluding carboxylic acids is 2. The average Bonchev–Trinajstić information content (AvgIpc) is 3.29. The van der Waals surface area contributed by atoms with Crippen molar-refractivity contribution in [1.82, 2.24) is 0 Å². The van der Waals surface area contributed by atoms with Crippen LogP contribution >= 0.6 is 22.7 Å². The van der Waals surface area contributed by atoms with E-state index in [0.717, 1.165) is 60.1 Å². The Labute approximate surface area is 196 Å². The molecule has 0 unspecified atom stereocenters. The zero-order valence-electron chi connectivity index (χ0n) is 18.6. The number of methoxy groups -OCH3 is 1. The minimum Gasteiger partial charge on any atom is -0.489 e. The molecule has 32 heavy (non-hydrogen) atoms. The zero-order valence-corrected chi connectivity index (χ0v) is 20.2. The van der Waals surface area contributed by atoms with E-state index >= 15 is 0 Å². The predicted molar refractivity (Wildman–Crippen MR) is 129 cm³/mol. The summed E-state index contributed by atoms with van der Waals surface area (Å²) in [5, 5.41) is 5.50. The number of nitrogens with one attached hydrogen (secondary N) is 1. The van der Waals surface area contributed by atoms with Gasteiger partial charge in [-0.3, -0.25) is 4.79 Å². The van der Waals surface area contributed by atoms with Gasteiger partial charge in [0.25, 0.3) is 5.91 Å². The highest BCUT2D eigenvalue weighted by Crippen LogP contribution is 2.38. The van der Waals surface area contributed by atoms with Gasteiger partial charge in [-0.05, 0) is 79.8 Å². The lowest BCUT2D eigenvalue weighted by Gasteiger charge is -2.07. The third kappa shape index (κ3) is 5.05. The molecule has 1 aliphatic carbocycles. The highest BCUT2D eigenvalue weighted by molar-refractivity contribution is 7.17. The molecule has 1 aromatic carbocycles. The second-order valence-corrected chi connectivity index (χ2v) is 10.2. The Morgan fingerprint density at radius 3 is 2.53 bits per heavy atom. The molecule has 0 saturated carbocycles. The van der Waals surface area contributed by atoms with Crippen LogP contribution in [0.15, 0.2) is 29.6 Å². The first-order chi connectivity index (χ1) is 15.4. The summed E-state index contributed by atoms with van der Waals surface area (Å²) in [6.45, 7) is 4.48. The van der Waals surface area contributed by atoms with Crippen LogP contribution in [0.2, 0.25) is 0 Å². The lowest BCUT2D eigenvalue weighted by Crippen LogP contribution is -2.13. The molecule has 5 nitrogen and oxygen atoms in total. The molecule has 0 bridgehead atoms. The Morgan fingerprint density at radius 2 is 1.78 bits per heavy atom. The molecule has 1 aliphatic rings. The van der Waals surface area contributed by atoms with Crippen molar-refractivity contribution in [2.45, 2.75) is 52.6 Å². The Bertz CT molecular complexity index is 1120. The van der Waals surface area contributed by atoms with Crippen LogP contribution in [0.25, 0.3) is 0 Å². The fraction of sp³-hybridized carbons (Fsp3) is 0.360. The Balaban J connectivity index is 1.48. The van der Waals surface area contributed by atoms with Crippen molar-refractivity contribution in [3.8, 4) is 5.75 Å². The summed E-state index contributed by atoms with van der Waals surface area (Å²) in [7, 11) is 1.38. The number of benzene rings is 1. The maximum atomic E-state index is 12.9. The van der Waals surface area contributed by atoms with Crippen LogP contribution in [-0.2, 0) is 24.2 Å². The number of thiophene rings is 2. The highest BCUT2D eigenvalue weighted by atomic mass is 32.1. The van der Waals surface area contributed by atoms with Crippen molar-refractivity contribution < 1.29 is 19.1 Å². The molecule has 7 heteroatoms. The third-order valence-electron chi connectivity index (χ3n) is 5.52. The molecule has 0 aliphatic heterocycles. The number of amides is 1. The first kappa shape index (κ1) is 22.6. The molecular formula is C25H27NO4S2. The van der Waals surface area contributed by atoms with Gasteiger partial charge in [-0.1, -0.05) is 12.5 Å². The summed E-state index contributed by atoms with van der Waals surface area (Å²) >= 11 is 2.88. The fourth-order valence-electron chi connectivity index (χ4n) is 4.07. The number of hydrogen-bond donors (Lipinski definition) is 1. The maximum Gasteiger partial charge on any atom is 0.341 e. The number of fused-ring (bicyclic) bond motifs is 1. The van der Waals surface area contributed by atoms with Gasteiger partial charge in [0.15, 0.2) is 0 Å². The molecule has 0 atom stereocenters. The van der Waals surface area contributed by atoms with E-state index in [1.54, 1.807) is 0 Å². The van der Waals surface area contributed by atoms with Gasteiger partial charge in [0.2, 0.25) is 0 Å². The summed E-state index contributed by atoms with van der Waals surface area (Å²) < 4.78 is 10.9. The zero-order chi connectivity index (χ0) is 22.7. The van der Waals surface area contributed by atoms with Crippen LogP contribution in [0.5, 0.6) is 5.75 Å². The molecule has 168 valence electrons. The van der Waals surface area contributed by atoms with Gasteiger partial charge in [-0.15, -0.1) is 22.7 Å². The van der Waals surface area contributed by atoms with E-state index in [0.29, 0.717) is 22.0 Å². The normalized spacial score (nSPS) is 13.2. The van der Waals surface area contributed by atoms with Gasteiger partial charge in [0, 0.05) is 10.4 Å². The van der Waals surface area contributed by atoms with Crippen LogP contribution in [0.3, 0.4) is 0 Å². The maximum absolute atomic E-state index is 12.9. The van der Waals surface area contributed by atoms with Crippen LogP contribution in [0, 0.1) is 13.8 Å². The average molecular weight is 470 g/mol. The molecule has 2 heterocycles. The Kier molecular flexibility index (Phi) is 6.96. The largest absolute Gasteiger partial charge is 0.489 e. The standard InChI is InChI=1S/C25H27NO4S2/c1-15-9-16(2)11-18(10-15)30-13-17-12-21(31-14-17)23(27)26-24-22(25(28)29-3)19-7-5-4-6-8-20(19)32-24/h9-12,14H,4-8,13H2,1-3H3,(H,26,27). The van der Waals surface area contributed by atoms with Crippen molar-refractivity contribution in [3.05, 3.63) is 67.2 Å². The monoisotopic (exact) mass is 469 g/mol. The van der Waals surface area contributed by atoms with Crippen molar-refractivity contribution >= 4 is 39.6 Å². The molecular weight excluding hydrogens is 442 g/mol. The van der Waals surface area contributed by atoms with E-state index in [-0.39, 0.29) is 11.9 Å². The molecule has 4 rings (SSSR count). The number of ether oxygens (including phenoxy) is 2. The molecule has 1 N–H and O–H groups in total. The van der Waals surface area contributed by atoms with Crippen LogP contribution in [0.1, 0.15) is 66.4 Å². The molecule has 0 radical (unpaired) electrons. The van der Waals surface area contributed by atoms with E-state index in [4.69, 9.17) is 9.47 Å². The van der Waals surface area contributed by atoms with Gasteiger partial charge >= 0.3 is 5.97 Å². The molecule has 1 amide bonds. The first-order valence-electron chi connectivity index (χ1n) is 10.8. The van der Waals surface area contributed by atoms with Crippen molar-refractivity contribution in [2.75, 3.05) is 12.4 Å². The second-order valence-electron chi connectivity index (χ2n) is 8.15. The number of anilines is 1. The van der Waals surface area contributed by atoms with Crippen LogP contribution < -0.4 is 10.1 Å². The van der Waals surface area contributed by atoms with Gasteiger partial charge < -0.3 is 14.8 Å². The highest BCUT2D eigenvalue weighted by Gasteiger charge is 2.26. The van der Waals surface area contributed by atoms with Gasteiger partial charge in [-0.2, -0.15) is 0 Å². The van der Waals surface area contributed by atoms with Crippen LogP contribution in [0.4, 0.5) is 5.00 Å². The number of rotatable bonds is 6. The van der Waals surface area contributed by atoms with Crippen molar-refractivity contribution in [2.24, 2.45) is 0 Å². The number of carbonyl (C=O) groups is 2. The molecule has 0 spiro atoms. The van der Waals surface area contributed by atoms with E-state index in [9.17, 15) is 9.59 Å². The molecule has 0 saturated heterocycles. The first-order valence-corrected chi connectivity index (χ1v) is 12.5. The van der Waals surface area contributed by atoms with Crippen molar-refractivity contribution in [3.63, 3.8) is 0 Å². The number of aryl methyl sites for hydroxylation is 3. The smallest absolute Gasteiger partial charge is 0.341 e. The number of hydrogen-bond acceptors (Lipinski definition) is 6. The summed E-state index contributed by atoms with van der Waals surface area (Å²) in [6, 6.07) is 7.95. The second kappa shape index (κ2) is 9.88. The van der Waals surface area contributed by atoms with E-state index in [1.165, 1.54) is 34.7 Å². The Hall–Kier alpha value is -2.64. The lowest BCUT2D eigenvalue weighted by atomic mass is 10.1. The Morgan fingerprint density at radius 1 is 1.03 bits per heavy atom. The molecule has 3 aromatic rings. The summed E-state index contributed by atoms with van der Waals surface area (Å²) in [5.41, 5.74) is 4.82. The molecule has 0 fully saturated rings. The van der Waals surface area contributed by atoms with Crippen molar-refractivity contribution in [1.29, 1.82) is 0 Å². The predicted octanol–water partition coefficient (Wildman–Crippen LogP) is 6.31. The summed E-state index contributed by atoms with van der Waals surface area (Å²) in [5.74, 6) is 0.227. The minimum absolute atomic E-state index is 0.214. The van der Waals surface area contributed by atoms with Gasteiger partial charge in [-0.25, -0.2) is 4.79 Å². The van der Waals surface area contributed by atoms with Gasteiger partial charge in [0.1, 0.15) is 17.4 Å². The number of esters is 1. The van der Waals surface area contributed by atoms with Gasteiger partial charge in [0.05, 0.1) is 17.6 Å². The van der Waals surface area contributed by atoms with Crippen LogP contribution in [-0.4, -0.2) is 19.0 Å². The van der Waals surface area contributed by atoms with E-state index in [2.05, 4.69) is 11.4 Å². The quantitative estimate of drug-likeness (QED) is 0.339. The SMILES string of the molecule is COC(=O)c1c(NC(=O)c2cc(COc3cc(C)cc(C)c3)cs2)sc2c1CCCCC2. The topological polar surface area (TPSA) is 64.6 Å². The minimum atomic E-state index is -0.381. The lowest BCUT2D eigenvalue weighted by molar-refractivity contribution is 0.0601.